The molecule has 0 saturated heterocycles. The molecule has 1 aliphatic carbocycles. The zero-order chi connectivity index (χ0) is 22.0. The lowest BCUT2D eigenvalue weighted by atomic mass is 10.0. The highest BCUT2D eigenvalue weighted by Crippen LogP contribution is 2.27. The molecule has 2 aliphatic rings. The van der Waals surface area contributed by atoms with Crippen molar-refractivity contribution in [2.24, 2.45) is 4.99 Å². The number of ether oxygens (including phenoxy) is 1. The van der Waals surface area contributed by atoms with Gasteiger partial charge in [-0.1, -0.05) is 6.08 Å². The Hall–Kier alpha value is -3.88. The number of fused-ring (bicyclic) bond motifs is 1. The summed E-state index contributed by atoms with van der Waals surface area (Å²) in [5.74, 6) is 2.62. The second-order valence-electron chi connectivity index (χ2n) is 7.46. The molecule has 0 saturated carbocycles. The average molecular weight is 419 g/mol. The summed E-state index contributed by atoms with van der Waals surface area (Å²) in [6.45, 7) is 0. The monoisotopic (exact) mass is 419 g/mol. The van der Waals surface area contributed by atoms with Crippen molar-refractivity contribution in [2.45, 2.75) is 12.1 Å². The van der Waals surface area contributed by atoms with Crippen LogP contribution >= 0.6 is 0 Å². The lowest BCUT2D eigenvalue weighted by Gasteiger charge is -2.25. The molecule has 2 N–H and O–H groups in total. The molecule has 0 spiro atoms. The van der Waals surface area contributed by atoms with E-state index in [2.05, 4.69) is 31.6 Å². The lowest BCUT2D eigenvalue weighted by molar-refractivity contribution is 0.0958. The van der Waals surface area contributed by atoms with Gasteiger partial charge in [-0.2, -0.15) is 0 Å². The van der Waals surface area contributed by atoms with Crippen LogP contribution < -0.4 is 20.3 Å². The molecule has 2 atom stereocenters. The number of carbonyl (C=O) groups excluding carboxylic acids is 1. The summed E-state index contributed by atoms with van der Waals surface area (Å²) in [5, 5.41) is 5.90. The van der Waals surface area contributed by atoms with Crippen LogP contribution in [-0.2, 0) is 0 Å². The second-order valence-corrected chi connectivity index (χ2v) is 7.46. The highest BCUT2D eigenvalue weighted by Gasteiger charge is 2.33. The summed E-state index contributed by atoms with van der Waals surface area (Å²) in [6, 6.07) is 7.28. The van der Waals surface area contributed by atoms with Crippen molar-refractivity contribution in [3.63, 3.8) is 0 Å². The van der Waals surface area contributed by atoms with Crippen molar-refractivity contribution < 1.29 is 9.53 Å². The van der Waals surface area contributed by atoms with Crippen LogP contribution in [0.4, 0.5) is 11.5 Å². The highest BCUT2D eigenvalue weighted by atomic mass is 16.5. The van der Waals surface area contributed by atoms with Gasteiger partial charge in [0.05, 0.1) is 24.0 Å². The van der Waals surface area contributed by atoms with Crippen LogP contribution in [0, 0.1) is 0 Å². The normalized spacial score (nSPS) is 19.3. The van der Waals surface area contributed by atoms with E-state index in [1.165, 1.54) is 0 Å². The van der Waals surface area contributed by atoms with Crippen LogP contribution in [0.15, 0.2) is 65.6 Å². The molecule has 0 fully saturated rings. The standard InChI is InChI=1S/C22H25N7O2/c1-23-21(30)18-12-16(9-10-24-18)31-15-6-7-19-17(11-15)27-22(29(19)4)26-14-5-8-20(25-13-14)28(2)3/h5-13,17,19H,1-4H3,(H,23,30)(H,26,27). The molecule has 2 aromatic heterocycles. The van der Waals surface area contributed by atoms with Crippen LogP contribution in [0.5, 0.6) is 5.75 Å². The van der Waals surface area contributed by atoms with Crippen LogP contribution in [0.3, 0.4) is 0 Å². The molecule has 4 rings (SSSR count). The summed E-state index contributed by atoms with van der Waals surface area (Å²) in [7, 11) is 7.48. The number of hydrogen-bond acceptors (Lipinski definition) is 8. The third-order valence-corrected chi connectivity index (χ3v) is 5.08. The molecular formula is C22H25N7O2. The SMILES string of the molecule is CNC(=O)c1cc(OC2=CC3N=C(Nc4ccc(N(C)C)nc4)N(C)C3C=C2)ccn1. The van der Waals surface area contributed by atoms with Gasteiger partial charge in [0.1, 0.15) is 23.0 Å². The first-order valence-corrected chi connectivity index (χ1v) is 9.91. The Labute approximate surface area is 181 Å². The highest BCUT2D eigenvalue weighted by molar-refractivity contribution is 5.95. The van der Waals surface area contributed by atoms with E-state index in [0.29, 0.717) is 17.2 Å². The Morgan fingerprint density at radius 1 is 1.23 bits per heavy atom. The molecule has 0 aromatic carbocycles. The minimum Gasteiger partial charge on any atom is -0.458 e. The molecule has 1 amide bonds. The van der Waals surface area contributed by atoms with Crippen molar-refractivity contribution in [1.29, 1.82) is 0 Å². The molecule has 2 aromatic rings. The summed E-state index contributed by atoms with van der Waals surface area (Å²) in [5.41, 5.74) is 1.18. The fourth-order valence-corrected chi connectivity index (χ4v) is 3.38. The molecule has 2 unspecified atom stereocenters. The first kappa shape index (κ1) is 20.4. The van der Waals surface area contributed by atoms with Gasteiger partial charge in [-0.3, -0.25) is 9.78 Å². The van der Waals surface area contributed by atoms with E-state index in [-0.39, 0.29) is 18.0 Å². The van der Waals surface area contributed by atoms with Gasteiger partial charge in [0.15, 0.2) is 5.96 Å². The number of aromatic nitrogens is 2. The topological polar surface area (TPSA) is 95.0 Å². The molecule has 9 heteroatoms. The predicted octanol–water partition coefficient (Wildman–Crippen LogP) is 1.89. The fraction of sp³-hybridized carbons (Fsp3) is 0.273. The van der Waals surface area contributed by atoms with Crippen molar-refractivity contribution in [1.82, 2.24) is 20.2 Å². The van der Waals surface area contributed by atoms with E-state index >= 15 is 0 Å². The summed E-state index contributed by atoms with van der Waals surface area (Å²) in [6.07, 6.45) is 9.30. The molecule has 31 heavy (non-hydrogen) atoms. The van der Waals surface area contributed by atoms with Gasteiger partial charge in [0.2, 0.25) is 0 Å². The lowest BCUT2D eigenvalue weighted by Crippen LogP contribution is -2.38. The maximum atomic E-state index is 11.8. The molecule has 0 bridgehead atoms. The smallest absolute Gasteiger partial charge is 0.269 e. The van der Waals surface area contributed by atoms with Gasteiger partial charge in [-0.25, -0.2) is 9.98 Å². The van der Waals surface area contributed by atoms with Crippen molar-refractivity contribution in [3.05, 3.63) is 66.3 Å². The Morgan fingerprint density at radius 2 is 2.06 bits per heavy atom. The number of allylic oxidation sites excluding steroid dienone is 1. The number of rotatable bonds is 5. The largest absolute Gasteiger partial charge is 0.458 e. The number of pyridine rings is 2. The Morgan fingerprint density at radius 3 is 2.77 bits per heavy atom. The molecule has 160 valence electrons. The molecule has 9 nitrogen and oxygen atoms in total. The molecule has 1 aliphatic heterocycles. The second kappa shape index (κ2) is 8.47. The van der Waals surface area contributed by atoms with Gasteiger partial charge >= 0.3 is 0 Å². The van der Waals surface area contributed by atoms with Crippen LogP contribution in [0.25, 0.3) is 0 Å². The van der Waals surface area contributed by atoms with Gasteiger partial charge in [0.25, 0.3) is 5.91 Å². The van der Waals surface area contributed by atoms with E-state index in [9.17, 15) is 4.79 Å². The van der Waals surface area contributed by atoms with E-state index < -0.39 is 0 Å². The van der Waals surface area contributed by atoms with Gasteiger partial charge < -0.3 is 25.2 Å². The van der Waals surface area contributed by atoms with Crippen molar-refractivity contribution in [3.8, 4) is 5.75 Å². The van der Waals surface area contributed by atoms with Crippen molar-refractivity contribution >= 4 is 23.4 Å². The van der Waals surface area contributed by atoms with Gasteiger partial charge in [0, 0.05) is 40.5 Å². The number of aliphatic imine (C=N–C) groups is 1. The maximum Gasteiger partial charge on any atom is 0.269 e. The van der Waals surface area contributed by atoms with Crippen LogP contribution in [0.1, 0.15) is 10.5 Å². The first-order valence-electron chi connectivity index (χ1n) is 9.91. The number of nitrogens with one attached hydrogen (secondary N) is 2. The fourth-order valence-electron chi connectivity index (χ4n) is 3.38. The molecular weight excluding hydrogens is 394 g/mol. The van der Waals surface area contributed by atoms with E-state index in [1.807, 2.05) is 50.3 Å². The molecule has 0 radical (unpaired) electrons. The number of carbonyl (C=O) groups is 1. The van der Waals surface area contributed by atoms with Crippen LogP contribution in [-0.4, -0.2) is 67.0 Å². The number of hydrogen-bond donors (Lipinski definition) is 2. The van der Waals surface area contributed by atoms with E-state index in [0.717, 1.165) is 17.5 Å². The number of likely N-dealkylation sites (N-methyl/N-ethyl adjacent to an activating group) is 1. The molecule has 3 heterocycles. The van der Waals surface area contributed by atoms with Crippen molar-refractivity contribution in [2.75, 3.05) is 38.4 Å². The quantitative estimate of drug-likeness (QED) is 0.764. The summed E-state index contributed by atoms with van der Waals surface area (Å²) in [4.78, 5) is 29.1. The van der Waals surface area contributed by atoms with Crippen LogP contribution in [0.2, 0.25) is 0 Å². The number of nitrogens with zero attached hydrogens (tertiary/aromatic N) is 5. The Balaban J connectivity index is 1.47. The number of guanidine groups is 1. The summed E-state index contributed by atoms with van der Waals surface area (Å²) >= 11 is 0. The number of anilines is 2. The Bertz CT molecular complexity index is 1060. The van der Waals surface area contributed by atoms with E-state index in [4.69, 9.17) is 9.73 Å². The summed E-state index contributed by atoms with van der Waals surface area (Å²) < 4.78 is 5.95. The third-order valence-electron chi connectivity index (χ3n) is 5.08. The average Bonchev–Trinajstić information content (AvgIpc) is 3.08. The maximum absolute atomic E-state index is 11.8. The van der Waals surface area contributed by atoms with Gasteiger partial charge in [-0.15, -0.1) is 0 Å². The zero-order valence-electron chi connectivity index (χ0n) is 17.9. The Kier molecular flexibility index (Phi) is 5.57. The first-order chi connectivity index (χ1) is 14.9. The predicted molar refractivity (Wildman–Crippen MR) is 120 cm³/mol. The minimum atomic E-state index is -0.260. The zero-order valence-corrected chi connectivity index (χ0v) is 17.9. The van der Waals surface area contributed by atoms with E-state index in [1.54, 1.807) is 31.6 Å². The number of amides is 1. The van der Waals surface area contributed by atoms with Gasteiger partial charge in [-0.05, 0) is 30.4 Å². The minimum absolute atomic E-state index is 0.0817. The third kappa shape index (κ3) is 4.35.